The first-order chi connectivity index (χ1) is 9.13. The molecule has 0 amide bonds. The lowest BCUT2D eigenvalue weighted by Crippen LogP contribution is -2.27. The second-order valence-corrected chi connectivity index (χ2v) is 5.65. The maximum absolute atomic E-state index is 5.79. The third-order valence-corrected chi connectivity index (χ3v) is 3.50. The van der Waals surface area contributed by atoms with Gasteiger partial charge in [0.25, 0.3) is 0 Å². The van der Waals surface area contributed by atoms with Gasteiger partial charge in [0.05, 0.1) is 6.54 Å². The van der Waals surface area contributed by atoms with Crippen molar-refractivity contribution < 1.29 is 0 Å². The second-order valence-electron chi connectivity index (χ2n) is 5.65. The predicted octanol–water partition coefficient (Wildman–Crippen LogP) is 2.51. The van der Waals surface area contributed by atoms with Crippen LogP contribution in [0.25, 0.3) is 0 Å². The van der Waals surface area contributed by atoms with Crippen LogP contribution in [-0.4, -0.2) is 18.1 Å². The second kappa shape index (κ2) is 6.08. The van der Waals surface area contributed by atoms with Gasteiger partial charge in [-0.15, -0.1) is 6.42 Å². The zero-order chi connectivity index (χ0) is 13.8. The Bertz CT molecular complexity index is 469. The van der Waals surface area contributed by atoms with E-state index in [0.29, 0.717) is 19.0 Å². The average molecular weight is 257 g/mol. The lowest BCUT2D eigenvalue weighted by atomic mass is 10.1. The van der Waals surface area contributed by atoms with E-state index in [9.17, 15) is 0 Å². The zero-order valence-corrected chi connectivity index (χ0v) is 11.9. The summed E-state index contributed by atoms with van der Waals surface area (Å²) in [4.78, 5) is 6.97. The van der Waals surface area contributed by atoms with E-state index in [2.05, 4.69) is 36.8 Å². The van der Waals surface area contributed by atoms with Gasteiger partial charge in [0.1, 0.15) is 5.82 Å². The fraction of sp³-hybridized carbons (Fsp3) is 0.562. The smallest absolute Gasteiger partial charge is 0.129 e. The van der Waals surface area contributed by atoms with Gasteiger partial charge < -0.3 is 10.6 Å². The summed E-state index contributed by atoms with van der Waals surface area (Å²) < 4.78 is 0. The molecule has 1 fully saturated rings. The lowest BCUT2D eigenvalue weighted by molar-refractivity contribution is 0.741. The summed E-state index contributed by atoms with van der Waals surface area (Å²) >= 11 is 0. The molecule has 2 N–H and O–H groups in total. The van der Waals surface area contributed by atoms with Gasteiger partial charge in [0, 0.05) is 18.8 Å². The number of aromatic nitrogens is 1. The van der Waals surface area contributed by atoms with Crippen LogP contribution in [0.2, 0.25) is 0 Å². The molecule has 1 aliphatic rings. The minimum Gasteiger partial charge on any atom is -0.345 e. The molecule has 19 heavy (non-hydrogen) atoms. The van der Waals surface area contributed by atoms with Crippen molar-refractivity contribution in [1.82, 2.24) is 4.98 Å². The molecule has 0 saturated heterocycles. The van der Waals surface area contributed by atoms with Crippen molar-refractivity contribution >= 4 is 5.82 Å². The normalized spacial score (nSPS) is 14.5. The number of anilines is 1. The fourth-order valence-electron chi connectivity index (χ4n) is 2.13. The molecule has 0 radical (unpaired) electrons. The van der Waals surface area contributed by atoms with Crippen LogP contribution >= 0.6 is 0 Å². The molecule has 1 saturated carbocycles. The summed E-state index contributed by atoms with van der Waals surface area (Å²) in [5.74, 6) is 4.92. The van der Waals surface area contributed by atoms with E-state index in [1.807, 2.05) is 0 Å². The molecule has 1 aromatic rings. The standard InChI is InChI=1S/C16H23N3/c1-4-7-19(11-13-5-6-13)16-9-14(10-17)8-15(18-16)12(2)3/h1,8-9,12-13H,5-7,10-11,17H2,2-3H3. The molecule has 0 bridgehead atoms. The van der Waals surface area contributed by atoms with Crippen LogP contribution < -0.4 is 10.6 Å². The zero-order valence-electron chi connectivity index (χ0n) is 11.9. The lowest BCUT2D eigenvalue weighted by Gasteiger charge is -2.23. The molecule has 1 heterocycles. The van der Waals surface area contributed by atoms with E-state index < -0.39 is 0 Å². The molecular weight excluding hydrogens is 234 g/mol. The molecule has 102 valence electrons. The highest BCUT2D eigenvalue weighted by Gasteiger charge is 2.25. The third-order valence-electron chi connectivity index (χ3n) is 3.50. The van der Waals surface area contributed by atoms with E-state index in [4.69, 9.17) is 17.1 Å². The maximum Gasteiger partial charge on any atom is 0.129 e. The van der Waals surface area contributed by atoms with E-state index in [1.165, 1.54) is 12.8 Å². The Balaban J connectivity index is 2.28. The van der Waals surface area contributed by atoms with Crippen molar-refractivity contribution in [3.8, 4) is 12.3 Å². The van der Waals surface area contributed by atoms with Crippen LogP contribution in [-0.2, 0) is 6.54 Å². The summed E-state index contributed by atoms with van der Waals surface area (Å²) in [5, 5.41) is 0. The summed E-state index contributed by atoms with van der Waals surface area (Å²) in [7, 11) is 0. The number of hydrogen-bond donors (Lipinski definition) is 1. The van der Waals surface area contributed by atoms with Gasteiger partial charge in [0.2, 0.25) is 0 Å². The first-order valence-electron chi connectivity index (χ1n) is 7.03. The summed E-state index contributed by atoms with van der Waals surface area (Å²) in [6.45, 7) is 6.48. The highest BCUT2D eigenvalue weighted by molar-refractivity contribution is 5.44. The minimum absolute atomic E-state index is 0.402. The van der Waals surface area contributed by atoms with Gasteiger partial charge in [-0.25, -0.2) is 4.98 Å². The van der Waals surface area contributed by atoms with Gasteiger partial charge in [-0.05, 0) is 42.4 Å². The van der Waals surface area contributed by atoms with Gasteiger partial charge in [-0.3, -0.25) is 0 Å². The van der Waals surface area contributed by atoms with Crippen molar-refractivity contribution in [2.45, 2.75) is 39.2 Å². The van der Waals surface area contributed by atoms with Crippen LogP contribution in [0, 0.1) is 18.3 Å². The number of hydrogen-bond acceptors (Lipinski definition) is 3. The van der Waals surface area contributed by atoms with Crippen LogP contribution in [0.5, 0.6) is 0 Å². The SMILES string of the molecule is C#CCN(CC1CC1)c1cc(CN)cc(C(C)C)n1. The van der Waals surface area contributed by atoms with Gasteiger partial charge in [-0.2, -0.15) is 0 Å². The summed E-state index contributed by atoms with van der Waals surface area (Å²) in [6.07, 6.45) is 8.12. The fourth-order valence-corrected chi connectivity index (χ4v) is 2.13. The van der Waals surface area contributed by atoms with E-state index in [0.717, 1.165) is 29.5 Å². The molecule has 2 rings (SSSR count). The Kier molecular flexibility index (Phi) is 4.44. The number of terminal acetylenes is 1. The molecule has 0 aliphatic heterocycles. The molecule has 3 nitrogen and oxygen atoms in total. The molecule has 0 unspecified atom stereocenters. The van der Waals surface area contributed by atoms with Gasteiger partial charge >= 0.3 is 0 Å². The Hall–Kier alpha value is -1.53. The predicted molar refractivity (Wildman–Crippen MR) is 80.0 cm³/mol. The summed E-state index contributed by atoms with van der Waals surface area (Å²) in [6, 6.07) is 4.17. The van der Waals surface area contributed by atoms with Crippen molar-refractivity contribution in [1.29, 1.82) is 0 Å². The van der Waals surface area contributed by atoms with Crippen molar-refractivity contribution in [3.63, 3.8) is 0 Å². The Morgan fingerprint density at radius 3 is 2.74 bits per heavy atom. The maximum atomic E-state index is 5.79. The first-order valence-corrected chi connectivity index (χ1v) is 7.03. The topological polar surface area (TPSA) is 42.1 Å². The van der Waals surface area contributed by atoms with Gasteiger partial charge in [-0.1, -0.05) is 19.8 Å². The van der Waals surface area contributed by atoms with E-state index >= 15 is 0 Å². The van der Waals surface area contributed by atoms with Crippen LogP contribution in [0.1, 0.15) is 43.9 Å². The number of pyridine rings is 1. The van der Waals surface area contributed by atoms with Crippen LogP contribution in [0.3, 0.4) is 0 Å². The Morgan fingerprint density at radius 1 is 1.47 bits per heavy atom. The molecule has 1 aliphatic carbocycles. The Morgan fingerprint density at radius 2 is 2.21 bits per heavy atom. The quantitative estimate of drug-likeness (QED) is 0.796. The average Bonchev–Trinajstić information content (AvgIpc) is 3.21. The third kappa shape index (κ3) is 3.71. The van der Waals surface area contributed by atoms with Crippen LogP contribution in [0.4, 0.5) is 5.82 Å². The van der Waals surface area contributed by atoms with Crippen molar-refractivity contribution in [2.24, 2.45) is 11.7 Å². The number of rotatable bonds is 6. The number of nitrogens with two attached hydrogens (primary N) is 1. The monoisotopic (exact) mass is 257 g/mol. The molecule has 3 heteroatoms. The molecule has 1 aromatic heterocycles. The largest absolute Gasteiger partial charge is 0.345 e. The van der Waals surface area contributed by atoms with E-state index in [-0.39, 0.29) is 0 Å². The summed E-state index contributed by atoms with van der Waals surface area (Å²) in [5.41, 5.74) is 8.01. The Labute approximate surface area is 116 Å². The van der Waals surface area contributed by atoms with E-state index in [1.54, 1.807) is 0 Å². The highest BCUT2D eigenvalue weighted by atomic mass is 15.2. The molecule has 0 aromatic carbocycles. The van der Waals surface area contributed by atoms with Crippen LogP contribution in [0.15, 0.2) is 12.1 Å². The van der Waals surface area contributed by atoms with Gasteiger partial charge in [0.15, 0.2) is 0 Å². The minimum atomic E-state index is 0.402. The van der Waals surface area contributed by atoms with Crippen molar-refractivity contribution in [3.05, 3.63) is 23.4 Å². The van der Waals surface area contributed by atoms with Crippen molar-refractivity contribution in [2.75, 3.05) is 18.0 Å². The molecular formula is C16H23N3. The first kappa shape index (κ1) is 13.9. The number of nitrogens with zero attached hydrogens (tertiary/aromatic N) is 2. The highest BCUT2D eigenvalue weighted by Crippen LogP contribution is 2.31. The molecule has 0 spiro atoms. The molecule has 0 atom stereocenters.